The Morgan fingerprint density at radius 1 is 1.15 bits per heavy atom. The van der Waals surface area contributed by atoms with Crippen molar-refractivity contribution < 1.29 is 8.91 Å². The van der Waals surface area contributed by atoms with E-state index in [1.54, 1.807) is 6.07 Å². The summed E-state index contributed by atoms with van der Waals surface area (Å²) < 4.78 is 22.0. The summed E-state index contributed by atoms with van der Waals surface area (Å²) in [5.74, 6) is -0.430. The Balaban J connectivity index is 1.80. The average molecular weight is 358 g/mol. The van der Waals surface area contributed by atoms with Crippen molar-refractivity contribution in [2.24, 2.45) is 0 Å². The standard InChI is InChI=1S/C18H19FN4O3/c1-21-4-6-22(7-5-21)14-9-13-11(8-12(14)19)16(24)15-17(25)20-26-18(15)23(13)10-2-3-10/h8-10H,2-7H2,1H3,(H,20,25). The molecule has 0 amide bonds. The third-order valence-corrected chi connectivity index (χ3v) is 5.45. The lowest BCUT2D eigenvalue weighted by Gasteiger charge is -2.34. The summed E-state index contributed by atoms with van der Waals surface area (Å²) >= 11 is 0. The zero-order chi connectivity index (χ0) is 18.0. The third-order valence-electron chi connectivity index (χ3n) is 5.45. The minimum Gasteiger partial charge on any atom is -0.367 e. The maximum Gasteiger partial charge on any atom is 0.293 e. The molecule has 2 aliphatic rings. The van der Waals surface area contributed by atoms with E-state index in [0.717, 1.165) is 39.0 Å². The van der Waals surface area contributed by atoms with Crippen molar-refractivity contribution in [1.29, 1.82) is 0 Å². The Bertz CT molecular complexity index is 1130. The fourth-order valence-electron chi connectivity index (χ4n) is 3.82. The first-order valence-corrected chi connectivity index (χ1v) is 8.87. The molecule has 26 heavy (non-hydrogen) atoms. The number of aromatic nitrogens is 2. The number of aromatic amines is 1. The van der Waals surface area contributed by atoms with E-state index < -0.39 is 16.8 Å². The Hall–Kier alpha value is -2.61. The Morgan fingerprint density at radius 3 is 2.58 bits per heavy atom. The molecule has 2 aromatic heterocycles. The number of anilines is 1. The fourth-order valence-corrected chi connectivity index (χ4v) is 3.82. The van der Waals surface area contributed by atoms with Crippen molar-refractivity contribution in [1.82, 2.24) is 14.6 Å². The van der Waals surface area contributed by atoms with Crippen LogP contribution in [0.15, 0.2) is 26.2 Å². The number of fused-ring (bicyclic) bond motifs is 2. The van der Waals surface area contributed by atoms with E-state index in [0.29, 0.717) is 11.2 Å². The predicted octanol–water partition coefficient (Wildman–Crippen LogP) is 1.66. The highest BCUT2D eigenvalue weighted by molar-refractivity contribution is 5.93. The first-order valence-electron chi connectivity index (χ1n) is 8.87. The summed E-state index contributed by atoms with van der Waals surface area (Å²) in [6, 6.07) is 3.18. The molecule has 7 nitrogen and oxygen atoms in total. The number of hydrogen-bond donors (Lipinski definition) is 1. The molecule has 0 spiro atoms. The van der Waals surface area contributed by atoms with E-state index >= 15 is 0 Å². The number of rotatable bonds is 2. The Kier molecular flexibility index (Phi) is 3.27. The number of H-pyrrole nitrogens is 1. The van der Waals surface area contributed by atoms with E-state index in [9.17, 15) is 14.0 Å². The van der Waals surface area contributed by atoms with Gasteiger partial charge in [0.25, 0.3) is 5.56 Å². The van der Waals surface area contributed by atoms with Crippen LogP contribution in [0.25, 0.3) is 22.0 Å². The molecule has 136 valence electrons. The quantitative estimate of drug-likeness (QED) is 0.754. The van der Waals surface area contributed by atoms with Crippen LogP contribution >= 0.6 is 0 Å². The molecule has 3 heterocycles. The number of halogens is 1. The number of likely N-dealkylation sites (N-methyl/N-ethyl adjacent to an activating group) is 1. The molecule has 1 aliphatic carbocycles. The Morgan fingerprint density at radius 2 is 1.88 bits per heavy atom. The minimum atomic E-state index is -0.565. The maximum absolute atomic E-state index is 14.8. The van der Waals surface area contributed by atoms with Crippen LogP contribution in [-0.4, -0.2) is 47.9 Å². The molecule has 0 unspecified atom stereocenters. The van der Waals surface area contributed by atoms with Crippen LogP contribution in [-0.2, 0) is 0 Å². The number of nitrogens with one attached hydrogen (secondary N) is 1. The van der Waals surface area contributed by atoms with Crippen LogP contribution in [0.5, 0.6) is 0 Å². The van der Waals surface area contributed by atoms with Gasteiger partial charge in [-0.05, 0) is 32.0 Å². The van der Waals surface area contributed by atoms with Crippen LogP contribution < -0.4 is 15.9 Å². The normalized spacial score (nSPS) is 18.9. The maximum atomic E-state index is 14.8. The molecule has 8 heteroatoms. The van der Waals surface area contributed by atoms with Crippen LogP contribution in [0.4, 0.5) is 10.1 Å². The first kappa shape index (κ1) is 15.6. The van der Waals surface area contributed by atoms with Crippen molar-refractivity contribution in [2.75, 3.05) is 38.1 Å². The zero-order valence-electron chi connectivity index (χ0n) is 14.4. The summed E-state index contributed by atoms with van der Waals surface area (Å²) in [6.07, 6.45) is 1.90. The van der Waals surface area contributed by atoms with Gasteiger partial charge in [-0.1, -0.05) is 0 Å². The van der Waals surface area contributed by atoms with Gasteiger partial charge in [0.1, 0.15) is 5.82 Å². The monoisotopic (exact) mass is 358 g/mol. The highest BCUT2D eigenvalue weighted by Crippen LogP contribution is 2.40. The van der Waals surface area contributed by atoms with Gasteiger partial charge >= 0.3 is 0 Å². The largest absolute Gasteiger partial charge is 0.367 e. The van der Waals surface area contributed by atoms with Gasteiger partial charge in [-0.25, -0.2) is 4.39 Å². The van der Waals surface area contributed by atoms with E-state index in [-0.39, 0.29) is 22.5 Å². The molecule has 1 saturated carbocycles. The summed E-state index contributed by atoms with van der Waals surface area (Å²) in [7, 11) is 2.05. The van der Waals surface area contributed by atoms with Gasteiger partial charge in [-0.15, -0.1) is 0 Å². The highest BCUT2D eigenvalue weighted by atomic mass is 19.1. The fraction of sp³-hybridized carbons (Fsp3) is 0.444. The topological polar surface area (TPSA) is 74.5 Å². The van der Waals surface area contributed by atoms with Crippen molar-refractivity contribution in [3.8, 4) is 0 Å². The van der Waals surface area contributed by atoms with Crippen molar-refractivity contribution in [2.45, 2.75) is 18.9 Å². The smallest absolute Gasteiger partial charge is 0.293 e. The molecule has 2 fully saturated rings. The molecule has 1 saturated heterocycles. The van der Waals surface area contributed by atoms with Gasteiger partial charge in [0.05, 0.1) is 11.2 Å². The van der Waals surface area contributed by atoms with E-state index in [1.807, 2.05) is 16.5 Å². The molecule has 5 rings (SSSR count). The number of piperazine rings is 1. The molecular formula is C18H19FN4O3. The molecule has 1 aromatic carbocycles. The second-order valence-corrected chi connectivity index (χ2v) is 7.25. The van der Waals surface area contributed by atoms with Crippen LogP contribution in [0.3, 0.4) is 0 Å². The van der Waals surface area contributed by atoms with Gasteiger partial charge in [-0.3, -0.25) is 9.59 Å². The molecule has 0 atom stereocenters. The van der Waals surface area contributed by atoms with Crippen molar-refractivity contribution >= 4 is 27.7 Å². The van der Waals surface area contributed by atoms with Crippen LogP contribution in [0.2, 0.25) is 0 Å². The lowest BCUT2D eigenvalue weighted by atomic mass is 10.1. The number of benzene rings is 1. The van der Waals surface area contributed by atoms with Crippen molar-refractivity contribution in [3.05, 3.63) is 38.5 Å². The predicted molar refractivity (Wildman–Crippen MR) is 96.5 cm³/mol. The molecule has 1 N–H and O–H groups in total. The zero-order valence-corrected chi connectivity index (χ0v) is 14.4. The van der Waals surface area contributed by atoms with E-state index in [1.165, 1.54) is 6.07 Å². The number of hydrogen-bond acceptors (Lipinski definition) is 5. The molecule has 0 bridgehead atoms. The SMILES string of the molecule is CN1CCN(c2cc3c(cc2F)c(=O)c2c(=O)[nH]oc2n3C2CC2)CC1. The van der Waals surface area contributed by atoms with Crippen LogP contribution in [0, 0.1) is 5.82 Å². The molecule has 3 aromatic rings. The lowest BCUT2D eigenvalue weighted by Crippen LogP contribution is -2.44. The molecule has 0 radical (unpaired) electrons. The minimum absolute atomic E-state index is 0.0313. The number of pyridine rings is 1. The van der Waals surface area contributed by atoms with Gasteiger partial charge in [0, 0.05) is 37.6 Å². The van der Waals surface area contributed by atoms with E-state index in [4.69, 9.17) is 4.52 Å². The van der Waals surface area contributed by atoms with Gasteiger partial charge in [0.2, 0.25) is 11.1 Å². The second-order valence-electron chi connectivity index (χ2n) is 7.25. The lowest BCUT2D eigenvalue weighted by molar-refractivity contribution is 0.312. The summed E-state index contributed by atoms with van der Waals surface area (Å²) in [5.41, 5.74) is 0.334. The summed E-state index contributed by atoms with van der Waals surface area (Å²) in [6.45, 7) is 3.18. The summed E-state index contributed by atoms with van der Waals surface area (Å²) in [4.78, 5) is 29.0. The van der Waals surface area contributed by atoms with E-state index in [2.05, 4.69) is 10.1 Å². The summed E-state index contributed by atoms with van der Waals surface area (Å²) in [5, 5.41) is 2.45. The average Bonchev–Trinajstić information content (AvgIpc) is 3.39. The third kappa shape index (κ3) is 2.21. The highest BCUT2D eigenvalue weighted by Gasteiger charge is 2.30. The molecular weight excluding hydrogens is 339 g/mol. The second kappa shape index (κ2) is 5.44. The number of nitrogens with zero attached hydrogens (tertiary/aromatic N) is 3. The van der Waals surface area contributed by atoms with Gasteiger partial charge in [0.15, 0.2) is 5.39 Å². The molecule has 1 aliphatic heterocycles. The first-order chi connectivity index (χ1) is 12.5. The Labute approximate surface area is 147 Å². The van der Waals surface area contributed by atoms with Crippen LogP contribution in [0.1, 0.15) is 18.9 Å². The van der Waals surface area contributed by atoms with Gasteiger partial charge < -0.3 is 18.9 Å². The van der Waals surface area contributed by atoms with Gasteiger partial charge in [-0.2, -0.15) is 5.16 Å². The van der Waals surface area contributed by atoms with Crippen molar-refractivity contribution in [3.63, 3.8) is 0 Å².